The summed E-state index contributed by atoms with van der Waals surface area (Å²) in [5.41, 5.74) is 0.451. The van der Waals surface area contributed by atoms with Gasteiger partial charge in [0, 0.05) is 0 Å². The third-order valence-electron chi connectivity index (χ3n) is 4.78. The van der Waals surface area contributed by atoms with Crippen LogP contribution < -0.4 is 0 Å². The number of halogens is 2. The zero-order valence-electron chi connectivity index (χ0n) is 11.1. The molecule has 3 atom stereocenters. The van der Waals surface area contributed by atoms with Gasteiger partial charge in [-0.2, -0.15) is 0 Å². The number of rotatable bonds is 3. The highest BCUT2D eigenvalue weighted by Crippen LogP contribution is 2.52. The van der Waals surface area contributed by atoms with Crippen molar-refractivity contribution in [3.63, 3.8) is 0 Å². The molecule has 1 saturated carbocycles. The zero-order valence-corrected chi connectivity index (χ0v) is 12.6. The number of alkyl halides is 2. The first-order valence-corrected chi connectivity index (χ1v) is 7.66. The lowest BCUT2D eigenvalue weighted by Gasteiger charge is -2.39. The molecule has 0 heterocycles. The first-order valence-electron chi connectivity index (χ1n) is 6.69. The van der Waals surface area contributed by atoms with Gasteiger partial charge in [0.1, 0.15) is 0 Å². The van der Waals surface area contributed by atoms with Gasteiger partial charge in [0.05, 0.1) is 16.9 Å². The van der Waals surface area contributed by atoms with E-state index in [1.807, 2.05) is 6.08 Å². The van der Waals surface area contributed by atoms with E-state index in [4.69, 9.17) is 23.2 Å². The minimum absolute atomic E-state index is 0.0899. The van der Waals surface area contributed by atoms with Crippen LogP contribution in [0.25, 0.3) is 0 Å². The van der Waals surface area contributed by atoms with E-state index in [0.717, 1.165) is 25.7 Å². The first-order chi connectivity index (χ1) is 8.39. The molecular weight excluding hydrogens is 267 g/mol. The number of aliphatic hydroxyl groups is 1. The monoisotopic (exact) mass is 288 g/mol. The first kappa shape index (κ1) is 14.4. The van der Waals surface area contributed by atoms with Gasteiger partial charge in [-0.15, -0.1) is 23.2 Å². The number of hydrogen-bond acceptors (Lipinski definition) is 1. The van der Waals surface area contributed by atoms with Gasteiger partial charge in [-0.1, -0.05) is 37.6 Å². The van der Waals surface area contributed by atoms with E-state index >= 15 is 0 Å². The summed E-state index contributed by atoms with van der Waals surface area (Å²) in [6.45, 7) is 4.24. The normalized spacial score (nSPS) is 38.8. The molecule has 0 amide bonds. The summed E-state index contributed by atoms with van der Waals surface area (Å²) in [5.74, 6) is 0.576. The van der Waals surface area contributed by atoms with Crippen molar-refractivity contribution in [3.8, 4) is 0 Å². The molecule has 2 aliphatic rings. The van der Waals surface area contributed by atoms with Crippen molar-refractivity contribution in [2.75, 3.05) is 5.88 Å². The molecule has 0 aromatic rings. The molecule has 3 unspecified atom stereocenters. The van der Waals surface area contributed by atoms with Crippen molar-refractivity contribution in [2.24, 2.45) is 11.3 Å². The minimum atomic E-state index is -0.749. The lowest BCUT2D eigenvalue weighted by atomic mass is 9.73. The van der Waals surface area contributed by atoms with Crippen molar-refractivity contribution < 1.29 is 5.11 Å². The summed E-state index contributed by atoms with van der Waals surface area (Å²) in [7, 11) is 0. The van der Waals surface area contributed by atoms with Gasteiger partial charge < -0.3 is 5.11 Å². The Kier molecular flexibility index (Phi) is 4.16. The molecule has 1 fully saturated rings. The molecule has 0 spiro atoms. The van der Waals surface area contributed by atoms with E-state index < -0.39 is 5.60 Å². The Morgan fingerprint density at radius 1 is 1.44 bits per heavy atom. The van der Waals surface area contributed by atoms with E-state index in [-0.39, 0.29) is 16.7 Å². The maximum atomic E-state index is 10.9. The van der Waals surface area contributed by atoms with Gasteiger partial charge in [0.25, 0.3) is 0 Å². The van der Waals surface area contributed by atoms with Crippen LogP contribution in [0.15, 0.2) is 23.8 Å². The van der Waals surface area contributed by atoms with Crippen LogP contribution in [0.1, 0.15) is 39.5 Å². The lowest BCUT2D eigenvalue weighted by Crippen LogP contribution is -2.47. The Bertz CT molecular complexity index is 373. The molecule has 1 N–H and O–H groups in total. The third-order valence-corrected chi connectivity index (χ3v) is 5.51. The van der Waals surface area contributed by atoms with Gasteiger partial charge in [-0.05, 0) is 37.0 Å². The van der Waals surface area contributed by atoms with Gasteiger partial charge in [0.2, 0.25) is 0 Å². The largest absolute Gasteiger partial charge is 0.388 e. The predicted molar refractivity (Wildman–Crippen MR) is 78.3 cm³/mol. The van der Waals surface area contributed by atoms with E-state index in [1.165, 1.54) is 5.57 Å². The van der Waals surface area contributed by atoms with Crippen molar-refractivity contribution in [3.05, 3.63) is 23.8 Å². The second-order valence-electron chi connectivity index (χ2n) is 6.27. The Morgan fingerprint density at radius 3 is 2.72 bits per heavy atom. The Hall–Kier alpha value is 0.0200. The summed E-state index contributed by atoms with van der Waals surface area (Å²) in [4.78, 5) is 0. The van der Waals surface area contributed by atoms with Gasteiger partial charge in [0.15, 0.2) is 0 Å². The molecule has 102 valence electrons. The Balaban J connectivity index is 2.09. The van der Waals surface area contributed by atoms with Crippen LogP contribution in [0, 0.1) is 11.3 Å². The smallest absolute Gasteiger partial charge is 0.0864 e. The van der Waals surface area contributed by atoms with Crippen LogP contribution >= 0.6 is 23.2 Å². The fourth-order valence-corrected chi connectivity index (χ4v) is 3.92. The highest BCUT2D eigenvalue weighted by molar-refractivity contribution is 6.22. The predicted octanol–water partition coefficient (Wildman–Crippen LogP) is 4.28. The Labute approximate surface area is 120 Å². The minimum Gasteiger partial charge on any atom is -0.388 e. The standard InChI is InChI=1S/C15H22Cl2O/c1-14(2)8-7-12(15(14,18)10-16)9-11-3-5-13(17)6-4-11/h3-5,12-13,18H,6-10H2,1-2H3. The maximum Gasteiger partial charge on any atom is 0.0864 e. The van der Waals surface area contributed by atoms with Crippen LogP contribution in [0.5, 0.6) is 0 Å². The zero-order chi connectivity index (χ0) is 13.4. The topological polar surface area (TPSA) is 20.2 Å². The maximum absolute atomic E-state index is 10.9. The van der Waals surface area contributed by atoms with Crippen LogP contribution in [-0.2, 0) is 0 Å². The quantitative estimate of drug-likeness (QED) is 0.769. The van der Waals surface area contributed by atoms with E-state index in [0.29, 0.717) is 5.88 Å². The lowest BCUT2D eigenvalue weighted by molar-refractivity contribution is -0.0553. The van der Waals surface area contributed by atoms with Gasteiger partial charge >= 0.3 is 0 Å². The van der Waals surface area contributed by atoms with Crippen LogP contribution in [0.3, 0.4) is 0 Å². The van der Waals surface area contributed by atoms with Gasteiger partial charge in [-0.3, -0.25) is 0 Å². The SMILES string of the molecule is CC1(C)CCC(CC2=CCC(Cl)C=C2)C1(O)CCl. The number of allylic oxidation sites excluding steroid dienone is 4. The van der Waals surface area contributed by atoms with Crippen molar-refractivity contribution in [1.29, 1.82) is 0 Å². The molecule has 0 radical (unpaired) electrons. The summed E-state index contributed by atoms with van der Waals surface area (Å²) in [5, 5.41) is 11.0. The van der Waals surface area contributed by atoms with Crippen molar-refractivity contribution in [1.82, 2.24) is 0 Å². The van der Waals surface area contributed by atoms with Crippen molar-refractivity contribution in [2.45, 2.75) is 50.5 Å². The molecule has 0 aliphatic heterocycles. The van der Waals surface area contributed by atoms with Crippen LogP contribution in [0.2, 0.25) is 0 Å². The molecule has 0 aromatic heterocycles. The number of hydrogen-bond donors (Lipinski definition) is 1. The summed E-state index contributed by atoms with van der Waals surface area (Å²) in [6, 6.07) is 0. The van der Waals surface area contributed by atoms with Crippen LogP contribution in [0.4, 0.5) is 0 Å². The average molecular weight is 289 g/mol. The molecule has 1 nitrogen and oxygen atoms in total. The van der Waals surface area contributed by atoms with Crippen molar-refractivity contribution >= 4 is 23.2 Å². The van der Waals surface area contributed by atoms with E-state index in [9.17, 15) is 5.11 Å². The molecule has 0 saturated heterocycles. The molecular formula is C15H22Cl2O. The highest BCUT2D eigenvalue weighted by Gasteiger charge is 2.53. The average Bonchev–Trinajstić information content (AvgIpc) is 2.56. The fourth-order valence-electron chi connectivity index (χ4n) is 3.18. The molecule has 0 aromatic carbocycles. The second-order valence-corrected chi connectivity index (χ2v) is 7.10. The molecule has 2 rings (SSSR count). The Morgan fingerprint density at radius 2 is 2.17 bits per heavy atom. The fraction of sp³-hybridized carbons (Fsp3) is 0.733. The molecule has 18 heavy (non-hydrogen) atoms. The molecule has 0 bridgehead atoms. The second kappa shape index (κ2) is 5.19. The summed E-state index contributed by atoms with van der Waals surface area (Å²) < 4.78 is 0. The summed E-state index contributed by atoms with van der Waals surface area (Å²) >= 11 is 12.1. The van der Waals surface area contributed by atoms with E-state index in [1.54, 1.807) is 0 Å². The van der Waals surface area contributed by atoms with Gasteiger partial charge in [-0.25, -0.2) is 0 Å². The highest BCUT2D eigenvalue weighted by atomic mass is 35.5. The summed E-state index contributed by atoms with van der Waals surface area (Å²) in [6.07, 6.45) is 10.2. The molecule has 2 aliphatic carbocycles. The van der Waals surface area contributed by atoms with E-state index in [2.05, 4.69) is 26.0 Å². The van der Waals surface area contributed by atoms with Crippen LogP contribution in [-0.4, -0.2) is 22.0 Å². The third kappa shape index (κ3) is 2.50. The molecule has 3 heteroatoms.